The van der Waals surface area contributed by atoms with E-state index in [-0.39, 0.29) is 6.61 Å². The molecule has 0 aliphatic rings. The minimum atomic E-state index is -0.166. The highest BCUT2D eigenvalue weighted by molar-refractivity contribution is 6.31. The van der Waals surface area contributed by atoms with Gasteiger partial charge in [0.15, 0.2) is 0 Å². The van der Waals surface area contributed by atoms with Crippen molar-refractivity contribution in [1.82, 2.24) is 4.98 Å². The first-order chi connectivity index (χ1) is 7.13. The fourth-order valence-corrected chi connectivity index (χ4v) is 1.22. The van der Waals surface area contributed by atoms with Crippen molar-refractivity contribution in [2.75, 3.05) is 6.61 Å². The maximum absolute atomic E-state index is 8.95. The first-order valence-corrected chi connectivity index (χ1v) is 5.40. The fourth-order valence-electron chi connectivity index (χ4n) is 1.05. The Morgan fingerprint density at radius 1 is 1.47 bits per heavy atom. The third-order valence-corrected chi connectivity index (χ3v) is 2.33. The van der Waals surface area contributed by atoms with Crippen LogP contribution < -0.4 is 4.74 Å². The van der Waals surface area contributed by atoms with Crippen LogP contribution in [0.25, 0.3) is 0 Å². The molecule has 0 atom stereocenters. The van der Waals surface area contributed by atoms with Gasteiger partial charge >= 0.3 is 0 Å². The van der Waals surface area contributed by atoms with Crippen LogP contribution >= 0.6 is 11.6 Å². The van der Waals surface area contributed by atoms with E-state index in [9.17, 15) is 0 Å². The number of rotatable bonds is 5. The number of hydrogen-bond donors (Lipinski definition) is 1. The second kappa shape index (κ2) is 5.93. The molecule has 0 aliphatic carbocycles. The summed E-state index contributed by atoms with van der Waals surface area (Å²) in [5, 5.41) is 9.42. The highest BCUT2D eigenvalue weighted by Gasteiger charge is 2.03. The first-order valence-electron chi connectivity index (χ1n) is 5.02. The maximum atomic E-state index is 8.95. The van der Waals surface area contributed by atoms with Crippen LogP contribution in [0, 0.1) is 5.92 Å². The molecule has 1 N–H and O–H groups in total. The van der Waals surface area contributed by atoms with E-state index in [1.54, 1.807) is 12.1 Å². The van der Waals surface area contributed by atoms with Crippen molar-refractivity contribution in [3.63, 3.8) is 0 Å². The van der Waals surface area contributed by atoms with Crippen molar-refractivity contribution < 1.29 is 9.84 Å². The number of ether oxygens (including phenoxy) is 1. The number of nitrogens with zero attached hydrogens (tertiary/aromatic N) is 1. The van der Waals surface area contributed by atoms with E-state index in [1.807, 2.05) is 0 Å². The molecule has 84 valence electrons. The van der Waals surface area contributed by atoms with Crippen molar-refractivity contribution >= 4 is 11.6 Å². The summed E-state index contributed by atoms with van der Waals surface area (Å²) >= 11 is 5.80. The first kappa shape index (κ1) is 12.3. The zero-order valence-electron chi connectivity index (χ0n) is 9.03. The van der Waals surface area contributed by atoms with Gasteiger partial charge < -0.3 is 9.84 Å². The van der Waals surface area contributed by atoms with Crippen LogP contribution in [0.4, 0.5) is 0 Å². The molecule has 0 amide bonds. The van der Waals surface area contributed by atoms with Crippen molar-refractivity contribution in [3.8, 4) is 5.88 Å². The Labute approximate surface area is 95.1 Å². The van der Waals surface area contributed by atoms with Crippen molar-refractivity contribution in [1.29, 1.82) is 0 Å². The van der Waals surface area contributed by atoms with Crippen LogP contribution in [-0.4, -0.2) is 16.7 Å². The molecule has 1 aromatic heterocycles. The normalized spacial score (nSPS) is 10.7. The summed E-state index contributed by atoms with van der Waals surface area (Å²) in [5.41, 5.74) is 0.457. The van der Waals surface area contributed by atoms with Gasteiger partial charge in [0.2, 0.25) is 5.88 Å². The average Bonchev–Trinajstić information content (AvgIpc) is 2.20. The number of aliphatic hydroxyl groups is 1. The minimum absolute atomic E-state index is 0.166. The molecule has 0 fully saturated rings. The Morgan fingerprint density at radius 3 is 2.80 bits per heavy atom. The summed E-state index contributed by atoms with van der Waals surface area (Å²) in [7, 11) is 0. The highest BCUT2D eigenvalue weighted by Crippen LogP contribution is 2.18. The molecule has 1 heterocycles. The van der Waals surface area contributed by atoms with Crippen LogP contribution in [0.5, 0.6) is 5.88 Å². The summed E-state index contributed by atoms with van der Waals surface area (Å²) in [6, 6.07) is 3.40. The van der Waals surface area contributed by atoms with Gasteiger partial charge in [-0.15, -0.1) is 0 Å². The van der Waals surface area contributed by atoms with E-state index < -0.39 is 0 Å². The molecule has 4 heteroatoms. The Hall–Kier alpha value is -0.800. The van der Waals surface area contributed by atoms with Crippen LogP contribution in [0.3, 0.4) is 0 Å². The lowest BCUT2D eigenvalue weighted by atomic mass is 10.1. The van der Waals surface area contributed by atoms with E-state index >= 15 is 0 Å². The Kier molecular flexibility index (Phi) is 4.85. The summed E-state index contributed by atoms with van der Waals surface area (Å²) in [6.45, 7) is 4.74. The smallest absolute Gasteiger partial charge is 0.213 e. The molecule has 0 aliphatic heterocycles. The van der Waals surface area contributed by atoms with Gasteiger partial charge in [-0.2, -0.15) is 0 Å². The zero-order valence-corrected chi connectivity index (χ0v) is 9.79. The number of pyridine rings is 1. The quantitative estimate of drug-likeness (QED) is 0.844. The van der Waals surface area contributed by atoms with Gasteiger partial charge in [-0.05, 0) is 18.4 Å². The van der Waals surface area contributed by atoms with Crippen LogP contribution in [0.15, 0.2) is 12.1 Å². The molecular weight excluding hydrogens is 214 g/mol. The monoisotopic (exact) mass is 229 g/mol. The largest absolute Gasteiger partial charge is 0.478 e. The third-order valence-electron chi connectivity index (χ3n) is 1.99. The van der Waals surface area contributed by atoms with Crippen LogP contribution in [-0.2, 0) is 6.61 Å². The topological polar surface area (TPSA) is 42.4 Å². The predicted octanol–water partition coefficient (Wildman–Crippen LogP) is 2.65. The van der Waals surface area contributed by atoms with Gasteiger partial charge in [-0.3, -0.25) is 0 Å². The summed E-state index contributed by atoms with van der Waals surface area (Å²) in [6.07, 6.45) is 0.985. The Bertz CT molecular complexity index is 315. The average molecular weight is 230 g/mol. The van der Waals surface area contributed by atoms with E-state index in [0.717, 1.165) is 6.42 Å². The standard InChI is InChI=1S/C11H16ClNO2/c1-8(2)5-6-15-11-4-3-9(12)10(7-14)13-11/h3-4,8,14H,5-7H2,1-2H3. The van der Waals surface area contributed by atoms with Gasteiger partial charge in [0.05, 0.1) is 23.9 Å². The van der Waals surface area contributed by atoms with Crippen molar-refractivity contribution in [3.05, 3.63) is 22.8 Å². The molecule has 3 nitrogen and oxygen atoms in total. The second-order valence-corrected chi connectivity index (χ2v) is 4.17. The molecule has 15 heavy (non-hydrogen) atoms. The summed E-state index contributed by atoms with van der Waals surface area (Å²) < 4.78 is 5.43. The summed E-state index contributed by atoms with van der Waals surface area (Å²) in [5.74, 6) is 1.12. The summed E-state index contributed by atoms with van der Waals surface area (Å²) in [4.78, 5) is 4.08. The van der Waals surface area contributed by atoms with Crippen LogP contribution in [0.2, 0.25) is 5.02 Å². The fraction of sp³-hybridized carbons (Fsp3) is 0.545. The lowest BCUT2D eigenvalue weighted by Crippen LogP contribution is -2.03. The Balaban J connectivity index is 2.54. The van der Waals surface area contributed by atoms with Gasteiger partial charge in [-0.1, -0.05) is 25.4 Å². The molecule has 0 saturated carbocycles. The lowest BCUT2D eigenvalue weighted by molar-refractivity contribution is 0.262. The molecule has 0 spiro atoms. The van der Waals surface area contributed by atoms with Gasteiger partial charge in [-0.25, -0.2) is 4.98 Å². The molecule has 0 radical (unpaired) electrons. The van der Waals surface area contributed by atoms with Gasteiger partial charge in [0, 0.05) is 6.07 Å². The number of aromatic nitrogens is 1. The van der Waals surface area contributed by atoms with Crippen LogP contribution in [0.1, 0.15) is 26.0 Å². The lowest BCUT2D eigenvalue weighted by Gasteiger charge is -2.08. The Morgan fingerprint density at radius 2 is 2.20 bits per heavy atom. The molecular formula is C11H16ClNO2. The molecule has 1 aromatic rings. The van der Waals surface area contributed by atoms with E-state index in [4.69, 9.17) is 21.4 Å². The second-order valence-electron chi connectivity index (χ2n) is 3.77. The third kappa shape index (κ3) is 4.06. The predicted molar refractivity (Wildman–Crippen MR) is 60.1 cm³/mol. The molecule has 0 saturated heterocycles. The number of halogens is 1. The maximum Gasteiger partial charge on any atom is 0.213 e. The zero-order chi connectivity index (χ0) is 11.3. The van der Waals surface area contributed by atoms with Gasteiger partial charge in [0.1, 0.15) is 0 Å². The molecule has 0 unspecified atom stereocenters. The van der Waals surface area contributed by atoms with Crippen molar-refractivity contribution in [2.24, 2.45) is 5.92 Å². The molecule has 1 rings (SSSR count). The number of hydrogen-bond acceptors (Lipinski definition) is 3. The van der Waals surface area contributed by atoms with Crippen molar-refractivity contribution in [2.45, 2.75) is 26.9 Å². The SMILES string of the molecule is CC(C)CCOc1ccc(Cl)c(CO)n1. The highest BCUT2D eigenvalue weighted by atomic mass is 35.5. The molecule has 0 bridgehead atoms. The molecule has 0 aromatic carbocycles. The van der Waals surface area contributed by atoms with E-state index in [1.165, 1.54) is 0 Å². The van der Waals surface area contributed by atoms with E-state index in [2.05, 4.69) is 18.8 Å². The van der Waals surface area contributed by atoms with E-state index in [0.29, 0.717) is 29.1 Å². The number of aliphatic hydroxyl groups excluding tert-OH is 1. The minimum Gasteiger partial charge on any atom is -0.478 e. The van der Waals surface area contributed by atoms with Gasteiger partial charge in [0.25, 0.3) is 0 Å².